The van der Waals surface area contributed by atoms with Crippen molar-refractivity contribution >= 4 is 23.5 Å². The molecule has 1 amide bonds. The van der Waals surface area contributed by atoms with Gasteiger partial charge in [-0.3, -0.25) is 4.79 Å². The molecular weight excluding hydrogens is 304 g/mol. The van der Waals surface area contributed by atoms with E-state index in [0.29, 0.717) is 22.8 Å². The Labute approximate surface area is 133 Å². The molecule has 2 rings (SSSR count). The fraction of sp³-hybridized carbons (Fsp3) is 0.250. The quantitative estimate of drug-likeness (QED) is 0.889. The first-order valence-electron chi connectivity index (χ1n) is 6.78. The molecule has 6 heteroatoms. The van der Waals surface area contributed by atoms with Gasteiger partial charge in [-0.05, 0) is 24.1 Å². The Balaban J connectivity index is 2.07. The van der Waals surface area contributed by atoms with Crippen LogP contribution in [0.1, 0.15) is 27.2 Å². The summed E-state index contributed by atoms with van der Waals surface area (Å²) in [6.07, 6.45) is 1.72. The zero-order valence-corrected chi connectivity index (χ0v) is 13.1. The van der Waals surface area contributed by atoms with Gasteiger partial charge in [-0.1, -0.05) is 29.8 Å². The lowest BCUT2D eigenvalue weighted by atomic mass is 10.1. The number of aryl methyl sites for hydroxylation is 2. The number of hydrogen-bond donors (Lipinski definition) is 2. The largest absolute Gasteiger partial charge is 0.478 e. The van der Waals surface area contributed by atoms with Crippen LogP contribution in [0, 0.1) is 6.92 Å². The molecular formula is C16H17ClN2O3. The van der Waals surface area contributed by atoms with Gasteiger partial charge in [-0.2, -0.15) is 0 Å². The Bertz CT molecular complexity index is 722. The van der Waals surface area contributed by atoms with Crippen LogP contribution in [0.25, 0.3) is 0 Å². The molecule has 0 saturated carbocycles. The van der Waals surface area contributed by atoms with E-state index in [1.165, 1.54) is 0 Å². The number of nitrogens with one attached hydrogen (secondary N) is 1. The molecule has 0 aliphatic heterocycles. The van der Waals surface area contributed by atoms with Crippen molar-refractivity contribution in [2.75, 3.05) is 0 Å². The summed E-state index contributed by atoms with van der Waals surface area (Å²) in [5.41, 5.74) is 2.14. The molecule has 0 unspecified atom stereocenters. The SMILES string of the molecule is Cc1cn(C)c(CC(=O)NCc2ccccc2Cl)c1C(=O)O. The standard InChI is InChI=1S/C16H17ClN2O3/c1-10-9-19(2)13(15(10)16(21)22)7-14(20)18-8-11-5-3-4-6-12(11)17/h3-6,9H,7-8H2,1-2H3,(H,18,20)(H,21,22). The third kappa shape index (κ3) is 3.49. The van der Waals surface area contributed by atoms with Gasteiger partial charge in [0.15, 0.2) is 0 Å². The number of carboxylic acids is 1. The van der Waals surface area contributed by atoms with Crippen LogP contribution in [0.2, 0.25) is 5.02 Å². The van der Waals surface area contributed by atoms with Crippen LogP contribution < -0.4 is 5.32 Å². The number of carbonyl (C=O) groups excluding carboxylic acids is 1. The van der Waals surface area contributed by atoms with Crippen molar-refractivity contribution < 1.29 is 14.7 Å². The molecule has 0 aliphatic carbocycles. The lowest BCUT2D eigenvalue weighted by Crippen LogP contribution is -2.26. The van der Waals surface area contributed by atoms with Crippen LogP contribution in [0.3, 0.4) is 0 Å². The van der Waals surface area contributed by atoms with Crippen LogP contribution in [0.4, 0.5) is 0 Å². The van der Waals surface area contributed by atoms with Crippen LogP contribution in [0.5, 0.6) is 0 Å². The lowest BCUT2D eigenvalue weighted by molar-refractivity contribution is -0.120. The van der Waals surface area contributed by atoms with Gasteiger partial charge in [0.05, 0.1) is 12.0 Å². The second-order valence-electron chi connectivity index (χ2n) is 5.09. The summed E-state index contributed by atoms with van der Waals surface area (Å²) in [7, 11) is 1.73. The van der Waals surface area contributed by atoms with E-state index in [4.69, 9.17) is 11.6 Å². The van der Waals surface area contributed by atoms with E-state index < -0.39 is 5.97 Å². The summed E-state index contributed by atoms with van der Waals surface area (Å²) in [6, 6.07) is 7.25. The van der Waals surface area contributed by atoms with Crippen molar-refractivity contribution in [3.63, 3.8) is 0 Å². The molecule has 22 heavy (non-hydrogen) atoms. The minimum Gasteiger partial charge on any atom is -0.478 e. The Morgan fingerprint density at radius 1 is 1.32 bits per heavy atom. The van der Waals surface area contributed by atoms with E-state index in [1.807, 2.05) is 18.2 Å². The predicted octanol–water partition coefficient (Wildman–Crippen LogP) is 2.54. The van der Waals surface area contributed by atoms with Gasteiger partial charge in [-0.15, -0.1) is 0 Å². The number of aromatic nitrogens is 1. The molecule has 0 radical (unpaired) electrons. The highest BCUT2D eigenvalue weighted by Crippen LogP contribution is 2.17. The molecule has 2 N–H and O–H groups in total. The van der Waals surface area contributed by atoms with Crippen molar-refractivity contribution in [1.29, 1.82) is 0 Å². The summed E-state index contributed by atoms with van der Waals surface area (Å²) in [4.78, 5) is 23.4. The molecule has 1 aromatic carbocycles. The van der Waals surface area contributed by atoms with Crippen LogP contribution in [-0.4, -0.2) is 21.6 Å². The maximum Gasteiger partial charge on any atom is 0.337 e. The number of amides is 1. The molecule has 1 aromatic heterocycles. The lowest BCUT2D eigenvalue weighted by Gasteiger charge is -2.08. The van der Waals surface area contributed by atoms with Gasteiger partial charge < -0.3 is 15.0 Å². The average Bonchev–Trinajstić information content (AvgIpc) is 2.72. The summed E-state index contributed by atoms with van der Waals surface area (Å²) >= 11 is 6.03. The Morgan fingerprint density at radius 2 is 2.00 bits per heavy atom. The van der Waals surface area contributed by atoms with Crippen LogP contribution >= 0.6 is 11.6 Å². The first-order valence-corrected chi connectivity index (χ1v) is 7.16. The Hall–Kier alpha value is -2.27. The number of aromatic carboxylic acids is 1. The summed E-state index contributed by atoms with van der Waals surface area (Å²) in [6.45, 7) is 2.03. The average molecular weight is 321 g/mol. The second-order valence-corrected chi connectivity index (χ2v) is 5.50. The fourth-order valence-electron chi connectivity index (χ4n) is 2.39. The van der Waals surface area contributed by atoms with Crippen LogP contribution in [0.15, 0.2) is 30.5 Å². The number of carbonyl (C=O) groups is 2. The third-order valence-corrected chi connectivity index (χ3v) is 3.84. The topological polar surface area (TPSA) is 71.3 Å². The van der Waals surface area contributed by atoms with E-state index >= 15 is 0 Å². The van der Waals surface area contributed by atoms with E-state index in [2.05, 4.69) is 5.32 Å². The number of benzene rings is 1. The molecule has 0 fully saturated rings. The van der Waals surface area contributed by atoms with Gasteiger partial charge in [-0.25, -0.2) is 4.79 Å². The molecule has 1 heterocycles. The van der Waals surface area contributed by atoms with Gasteiger partial charge in [0, 0.05) is 30.5 Å². The Kier molecular flexibility index (Phi) is 4.88. The maximum absolute atomic E-state index is 12.1. The highest BCUT2D eigenvalue weighted by molar-refractivity contribution is 6.31. The van der Waals surface area contributed by atoms with E-state index in [9.17, 15) is 14.7 Å². The number of carboxylic acid groups (broad SMARTS) is 1. The Morgan fingerprint density at radius 3 is 2.64 bits per heavy atom. The maximum atomic E-state index is 12.1. The van der Waals surface area contributed by atoms with Crippen LogP contribution in [-0.2, 0) is 24.8 Å². The highest BCUT2D eigenvalue weighted by atomic mass is 35.5. The summed E-state index contributed by atoms with van der Waals surface area (Å²) in [5.74, 6) is -1.27. The molecule has 0 aliphatic rings. The van der Waals surface area contributed by atoms with Gasteiger partial charge in [0.25, 0.3) is 0 Å². The van der Waals surface area contributed by atoms with Gasteiger partial charge in [0.2, 0.25) is 5.91 Å². The normalized spacial score (nSPS) is 10.5. The van der Waals surface area contributed by atoms with Crippen molar-refractivity contribution in [3.05, 3.63) is 57.9 Å². The number of rotatable bonds is 5. The first-order chi connectivity index (χ1) is 10.4. The first kappa shape index (κ1) is 16.1. The molecule has 0 spiro atoms. The smallest absolute Gasteiger partial charge is 0.337 e. The molecule has 2 aromatic rings. The fourth-order valence-corrected chi connectivity index (χ4v) is 2.59. The van der Waals surface area contributed by atoms with Gasteiger partial charge in [0.1, 0.15) is 0 Å². The van der Waals surface area contributed by atoms with Crippen molar-refractivity contribution in [3.8, 4) is 0 Å². The second kappa shape index (κ2) is 6.66. The van der Waals surface area contributed by atoms with Crippen molar-refractivity contribution in [1.82, 2.24) is 9.88 Å². The minimum absolute atomic E-state index is 0.0103. The molecule has 5 nitrogen and oxygen atoms in total. The minimum atomic E-state index is -1.02. The summed E-state index contributed by atoms with van der Waals surface area (Å²) < 4.78 is 1.67. The summed E-state index contributed by atoms with van der Waals surface area (Å²) in [5, 5.41) is 12.6. The molecule has 0 bridgehead atoms. The highest BCUT2D eigenvalue weighted by Gasteiger charge is 2.19. The third-order valence-electron chi connectivity index (χ3n) is 3.47. The zero-order chi connectivity index (χ0) is 16.3. The molecule has 116 valence electrons. The number of hydrogen-bond acceptors (Lipinski definition) is 2. The van der Waals surface area contributed by atoms with Crippen molar-refractivity contribution in [2.24, 2.45) is 7.05 Å². The van der Waals surface area contributed by atoms with E-state index in [-0.39, 0.29) is 17.9 Å². The van der Waals surface area contributed by atoms with E-state index in [0.717, 1.165) is 5.56 Å². The van der Waals surface area contributed by atoms with Crippen molar-refractivity contribution in [2.45, 2.75) is 19.9 Å². The number of nitrogens with zero attached hydrogens (tertiary/aromatic N) is 1. The van der Waals surface area contributed by atoms with E-state index in [1.54, 1.807) is 30.8 Å². The monoisotopic (exact) mass is 320 g/mol. The van der Waals surface area contributed by atoms with Gasteiger partial charge >= 0.3 is 5.97 Å². The molecule has 0 saturated heterocycles. The predicted molar refractivity (Wildman–Crippen MR) is 84.1 cm³/mol. The zero-order valence-electron chi connectivity index (χ0n) is 12.4. The molecule has 0 atom stereocenters. The number of halogens is 1.